The number of fused-ring (bicyclic) bond motifs is 1. The Bertz CT molecular complexity index is 1020. The van der Waals surface area contributed by atoms with Crippen molar-refractivity contribution in [2.24, 2.45) is 0 Å². The lowest BCUT2D eigenvalue weighted by Gasteiger charge is -2.29. The number of hydrogen-bond donors (Lipinski definition) is 1. The first-order valence-corrected chi connectivity index (χ1v) is 11.1. The van der Waals surface area contributed by atoms with Crippen LogP contribution in [0.4, 0.5) is 0 Å². The van der Waals surface area contributed by atoms with Gasteiger partial charge < -0.3 is 19.5 Å². The minimum atomic E-state index is -3.53. The molecule has 1 aliphatic rings. The Morgan fingerprint density at radius 1 is 1.03 bits per heavy atom. The fraction of sp³-hybridized carbons (Fsp3) is 0.381. The zero-order valence-corrected chi connectivity index (χ0v) is 18.1. The third-order valence-corrected chi connectivity index (χ3v) is 6.87. The summed E-state index contributed by atoms with van der Waals surface area (Å²) in [5.41, 5.74) is 2.35. The zero-order chi connectivity index (χ0) is 21.7. The Balaban J connectivity index is 1.62. The number of rotatable bonds is 8. The topological polar surface area (TPSA) is 94.2 Å². The van der Waals surface area contributed by atoms with Crippen molar-refractivity contribution in [3.8, 4) is 17.2 Å². The van der Waals surface area contributed by atoms with Crippen LogP contribution in [-0.4, -0.2) is 58.8 Å². The lowest BCUT2D eigenvalue weighted by atomic mass is 10.0. The fourth-order valence-electron chi connectivity index (χ4n) is 3.38. The Kier molecular flexibility index (Phi) is 6.84. The van der Waals surface area contributed by atoms with E-state index >= 15 is 0 Å². The summed E-state index contributed by atoms with van der Waals surface area (Å²) in [4.78, 5) is 12.3. The molecule has 0 saturated carbocycles. The van der Waals surface area contributed by atoms with Gasteiger partial charge in [0.25, 0.3) is 5.91 Å². The van der Waals surface area contributed by atoms with Crippen molar-refractivity contribution in [3.05, 3.63) is 53.1 Å². The molecule has 3 rings (SSSR count). The summed E-state index contributed by atoms with van der Waals surface area (Å²) in [6.07, 6.45) is 0.588. The van der Waals surface area contributed by atoms with E-state index in [1.807, 2.05) is 12.1 Å². The van der Waals surface area contributed by atoms with Crippen LogP contribution >= 0.6 is 0 Å². The van der Waals surface area contributed by atoms with Crippen molar-refractivity contribution in [2.45, 2.75) is 13.0 Å². The van der Waals surface area contributed by atoms with Crippen molar-refractivity contribution < 1.29 is 27.4 Å². The predicted octanol–water partition coefficient (Wildman–Crippen LogP) is 1.83. The Morgan fingerprint density at radius 3 is 2.40 bits per heavy atom. The van der Waals surface area contributed by atoms with E-state index in [1.165, 1.54) is 11.4 Å². The van der Waals surface area contributed by atoms with Crippen LogP contribution in [0.3, 0.4) is 0 Å². The molecule has 0 unspecified atom stereocenters. The number of ether oxygens (including phenoxy) is 3. The molecule has 8 nitrogen and oxygen atoms in total. The van der Waals surface area contributed by atoms with Crippen molar-refractivity contribution in [1.29, 1.82) is 0 Å². The van der Waals surface area contributed by atoms with Crippen LogP contribution in [-0.2, 0) is 23.0 Å². The molecule has 2 aromatic rings. The van der Waals surface area contributed by atoms with Crippen LogP contribution in [0.15, 0.2) is 36.4 Å². The van der Waals surface area contributed by atoms with Crippen LogP contribution in [0.2, 0.25) is 0 Å². The molecule has 2 aromatic carbocycles. The summed E-state index contributed by atoms with van der Waals surface area (Å²) in [7, 11) is 1.11. The van der Waals surface area contributed by atoms with Gasteiger partial charge in [0.1, 0.15) is 5.75 Å². The molecule has 0 atom stereocenters. The monoisotopic (exact) mass is 434 g/mol. The minimum absolute atomic E-state index is 0.0215. The molecule has 1 amide bonds. The highest BCUT2D eigenvalue weighted by atomic mass is 32.2. The number of benzene rings is 2. The molecule has 0 saturated heterocycles. The summed E-state index contributed by atoms with van der Waals surface area (Å²) in [5, 5.41) is 2.66. The molecule has 0 aromatic heterocycles. The second kappa shape index (κ2) is 9.36. The number of carbonyl (C=O) groups excluding carboxylic acids is 1. The maximum Gasteiger partial charge on any atom is 0.251 e. The van der Waals surface area contributed by atoms with Crippen LogP contribution < -0.4 is 19.5 Å². The highest BCUT2D eigenvalue weighted by molar-refractivity contribution is 7.89. The standard InChI is InChI=1S/C21H26N2O6S/c1-27-18-6-4-5-16(11-18)21(24)22-8-10-30(25,26)23-9-7-15-12-19(28-2)20(29-3)13-17(15)14-23/h4-6,11-13H,7-10,14H2,1-3H3,(H,22,24). The SMILES string of the molecule is COc1cccc(C(=O)NCCS(=O)(=O)N2CCc3cc(OC)c(OC)cc3C2)c1. The Morgan fingerprint density at radius 2 is 1.73 bits per heavy atom. The van der Waals surface area contributed by atoms with Gasteiger partial charge in [0.05, 0.1) is 27.1 Å². The second-order valence-electron chi connectivity index (χ2n) is 6.86. The molecule has 1 aliphatic heterocycles. The molecular weight excluding hydrogens is 408 g/mol. The first-order valence-electron chi connectivity index (χ1n) is 9.52. The van der Waals surface area contributed by atoms with Crippen LogP contribution in [0.1, 0.15) is 21.5 Å². The third-order valence-electron chi connectivity index (χ3n) is 5.05. The molecule has 162 valence electrons. The summed E-state index contributed by atoms with van der Waals surface area (Å²) >= 11 is 0. The van der Waals surface area contributed by atoms with Gasteiger partial charge in [-0.2, -0.15) is 4.31 Å². The van der Waals surface area contributed by atoms with E-state index in [9.17, 15) is 13.2 Å². The summed E-state index contributed by atoms with van der Waals surface area (Å²) in [6.45, 7) is 0.671. The number of nitrogens with zero attached hydrogens (tertiary/aromatic N) is 1. The highest BCUT2D eigenvalue weighted by Gasteiger charge is 2.27. The highest BCUT2D eigenvalue weighted by Crippen LogP contribution is 2.33. The van der Waals surface area contributed by atoms with Gasteiger partial charge in [0.15, 0.2) is 11.5 Å². The van der Waals surface area contributed by atoms with E-state index in [0.29, 0.717) is 35.8 Å². The third kappa shape index (κ3) is 4.85. The molecule has 0 fully saturated rings. The fourth-order valence-corrected chi connectivity index (χ4v) is 4.71. The van der Waals surface area contributed by atoms with E-state index in [4.69, 9.17) is 14.2 Å². The van der Waals surface area contributed by atoms with Gasteiger partial charge >= 0.3 is 0 Å². The summed E-state index contributed by atoms with van der Waals surface area (Å²) < 4.78 is 42.8. The van der Waals surface area contributed by atoms with Crippen LogP contribution in [0, 0.1) is 0 Å². The second-order valence-corrected chi connectivity index (χ2v) is 8.95. The molecule has 1 heterocycles. The molecule has 0 aliphatic carbocycles. The molecule has 0 radical (unpaired) electrons. The lowest BCUT2D eigenvalue weighted by molar-refractivity contribution is 0.0955. The van der Waals surface area contributed by atoms with E-state index in [0.717, 1.165) is 11.1 Å². The van der Waals surface area contributed by atoms with Crippen molar-refractivity contribution in [3.63, 3.8) is 0 Å². The van der Waals surface area contributed by atoms with Crippen molar-refractivity contribution in [1.82, 2.24) is 9.62 Å². The average Bonchev–Trinajstić information content (AvgIpc) is 2.77. The molecule has 9 heteroatoms. The lowest BCUT2D eigenvalue weighted by Crippen LogP contribution is -2.40. The first-order chi connectivity index (χ1) is 14.4. The zero-order valence-electron chi connectivity index (χ0n) is 17.3. The van der Waals surface area contributed by atoms with Gasteiger partial charge in [-0.15, -0.1) is 0 Å². The largest absolute Gasteiger partial charge is 0.497 e. The maximum absolute atomic E-state index is 12.8. The number of methoxy groups -OCH3 is 3. The number of amides is 1. The van der Waals surface area contributed by atoms with E-state index in [1.54, 1.807) is 38.5 Å². The normalized spacial score (nSPS) is 14.0. The Labute approximate surface area is 176 Å². The molecule has 1 N–H and O–H groups in total. The van der Waals surface area contributed by atoms with E-state index < -0.39 is 10.0 Å². The van der Waals surface area contributed by atoms with Crippen molar-refractivity contribution in [2.75, 3.05) is 40.2 Å². The molecule has 0 bridgehead atoms. The summed E-state index contributed by atoms with van der Waals surface area (Å²) in [5.74, 6) is 1.25. The van der Waals surface area contributed by atoms with Gasteiger partial charge in [0.2, 0.25) is 10.0 Å². The van der Waals surface area contributed by atoms with Crippen LogP contribution in [0.5, 0.6) is 17.2 Å². The average molecular weight is 435 g/mol. The van der Waals surface area contributed by atoms with Gasteiger partial charge in [-0.1, -0.05) is 6.07 Å². The first kappa shape index (κ1) is 21.9. The van der Waals surface area contributed by atoms with E-state index in [-0.39, 0.29) is 24.7 Å². The van der Waals surface area contributed by atoms with Crippen molar-refractivity contribution >= 4 is 15.9 Å². The van der Waals surface area contributed by atoms with E-state index in [2.05, 4.69) is 5.32 Å². The summed E-state index contributed by atoms with van der Waals surface area (Å²) in [6, 6.07) is 10.4. The number of sulfonamides is 1. The van der Waals surface area contributed by atoms with Gasteiger partial charge in [-0.25, -0.2) is 8.42 Å². The molecule has 0 spiro atoms. The Hall–Kier alpha value is -2.78. The number of hydrogen-bond acceptors (Lipinski definition) is 6. The molecule has 30 heavy (non-hydrogen) atoms. The smallest absolute Gasteiger partial charge is 0.251 e. The predicted molar refractivity (Wildman–Crippen MR) is 113 cm³/mol. The quantitative estimate of drug-likeness (QED) is 0.681. The molecular formula is C21H26N2O6S. The van der Waals surface area contributed by atoms with Crippen LogP contribution in [0.25, 0.3) is 0 Å². The maximum atomic E-state index is 12.8. The van der Waals surface area contributed by atoms with Gasteiger partial charge in [0, 0.05) is 25.2 Å². The number of nitrogens with one attached hydrogen (secondary N) is 1. The minimum Gasteiger partial charge on any atom is -0.497 e. The van der Waals surface area contributed by atoms with Gasteiger partial charge in [-0.05, 0) is 47.9 Å². The van der Waals surface area contributed by atoms with Gasteiger partial charge in [-0.3, -0.25) is 4.79 Å². The number of carbonyl (C=O) groups is 1.